The lowest BCUT2D eigenvalue weighted by Gasteiger charge is -2.09. The van der Waals surface area contributed by atoms with Crippen molar-refractivity contribution in [2.24, 2.45) is 0 Å². The van der Waals surface area contributed by atoms with Gasteiger partial charge in [-0.05, 0) is 49.2 Å². The van der Waals surface area contributed by atoms with Crippen LogP contribution in [0.3, 0.4) is 0 Å². The van der Waals surface area contributed by atoms with Crippen LogP contribution in [0, 0.1) is 25.2 Å². The third-order valence-electron chi connectivity index (χ3n) is 3.42. The summed E-state index contributed by atoms with van der Waals surface area (Å²) in [6, 6.07) is 12.1. The summed E-state index contributed by atoms with van der Waals surface area (Å²) in [6.45, 7) is 3.75. The zero-order chi connectivity index (χ0) is 19.3. The number of ether oxygens (including phenoxy) is 1. The number of benzene rings is 2. The average molecular weight is 360 g/mol. The lowest BCUT2D eigenvalue weighted by Crippen LogP contribution is -2.17. The molecule has 0 unspecified atom stereocenters. The molecule has 0 saturated heterocycles. The third kappa shape index (κ3) is 5.38. The highest BCUT2D eigenvalue weighted by Gasteiger charge is 2.30. The molecule has 2 aromatic carbocycles. The number of anilines is 1. The lowest BCUT2D eigenvalue weighted by atomic mass is 10.1. The van der Waals surface area contributed by atoms with E-state index in [1.54, 1.807) is 12.1 Å². The summed E-state index contributed by atoms with van der Waals surface area (Å²) >= 11 is 0. The van der Waals surface area contributed by atoms with E-state index in [0.29, 0.717) is 11.3 Å². The van der Waals surface area contributed by atoms with Gasteiger partial charge in [0.2, 0.25) is 0 Å². The third-order valence-corrected chi connectivity index (χ3v) is 3.42. The minimum Gasteiger partial charge on any atom is -0.406 e. The number of aryl methyl sites for hydroxylation is 2. The van der Waals surface area contributed by atoms with Crippen molar-refractivity contribution in [3.05, 3.63) is 64.7 Å². The number of rotatable bonds is 4. The van der Waals surface area contributed by atoms with Crippen molar-refractivity contribution in [2.75, 3.05) is 5.32 Å². The van der Waals surface area contributed by atoms with Crippen LogP contribution in [0.4, 0.5) is 18.9 Å². The van der Waals surface area contributed by atoms with Crippen LogP contribution in [-0.2, 0) is 4.79 Å². The van der Waals surface area contributed by atoms with E-state index in [2.05, 4.69) is 10.1 Å². The van der Waals surface area contributed by atoms with E-state index >= 15 is 0 Å². The number of nitriles is 1. The lowest BCUT2D eigenvalue weighted by molar-refractivity contribution is -0.274. The highest BCUT2D eigenvalue weighted by molar-refractivity contribution is 6.09. The number of carbonyl (C=O) groups is 1. The van der Waals surface area contributed by atoms with Crippen LogP contribution in [0.1, 0.15) is 16.7 Å². The molecule has 1 amide bonds. The summed E-state index contributed by atoms with van der Waals surface area (Å²) in [6.07, 6.45) is -3.49. The fraction of sp³-hybridized carbons (Fsp3) is 0.158. The van der Waals surface area contributed by atoms with E-state index in [4.69, 9.17) is 0 Å². The molecule has 0 saturated carbocycles. The number of nitrogens with one attached hydrogen (secondary N) is 1. The van der Waals surface area contributed by atoms with E-state index in [1.165, 1.54) is 18.2 Å². The molecule has 134 valence electrons. The first-order chi connectivity index (χ1) is 12.2. The Labute approximate surface area is 148 Å². The first-order valence-corrected chi connectivity index (χ1v) is 7.54. The SMILES string of the molecule is Cc1ccc(NC(=O)/C(C#N)=C/c2ccc(OC(F)(F)F)cc2)c(C)c1. The maximum atomic E-state index is 12.3. The van der Waals surface area contributed by atoms with Crippen LogP contribution in [0.5, 0.6) is 5.75 Å². The van der Waals surface area contributed by atoms with Crippen LogP contribution < -0.4 is 10.1 Å². The van der Waals surface area contributed by atoms with Crippen molar-refractivity contribution < 1.29 is 22.7 Å². The molecule has 26 heavy (non-hydrogen) atoms. The normalized spacial score (nSPS) is 11.6. The topological polar surface area (TPSA) is 62.1 Å². The first-order valence-electron chi connectivity index (χ1n) is 7.54. The van der Waals surface area contributed by atoms with Crippen molar-refractivity contribution in [2.45, 2.75) is 20.2 Å². The van der Waals surface area contributed by atoms with Gasteiger partial charge in [-0.1, -0.05) is 29.8 Å². The maximum Gasteiger partial charge on any atom is 0.573 e. The second kappa shape index (κ2) is 7.74. The number of halogens is 3. The van der Waals surface area contributed by atoms with Gasteiger partial charge in [0, 0.05) is 5.69 Å². The zero-order valence-corrected chi connectivity index (χ0v) is 14.0. The molecule has 0 radical (unpaired) electrons. The molecule has 7 heteroatoms. The van der Waals surface area contributed by atoms with Gasteiger partial charge in [-0.15, -0.1) is 13.2 Å². The quantitative estimate of drug-likeness (QED) is 0.632. The molecule has 0 aliphatic rings. The molecule has 0 spiro atoms. The monoisotopic (exact) mass is 360 g/mol. The van der Waals surface area contributed by atoms with Gasteiger partial charge < -0.3 is 10.1 Å². The molecule has 4 nitrogen and oxygen atoms in total. The molecular weight excluding hydrogens is 345 g/mol. The van der Waals surface area contributed by atoms with Gasteiger partial charge in [-0.2, -0.15) is 5.26 Å². The molecule has 1 N–H and O–H groups in total. The van der Waals surface area contributed by atoms with E-state index in [0.717, 1.165) is 23.3 Å². The molecule has 0 aliphatic heterocycles. The molecule has 0 heterocycles. The Balaban J connectivity index is 2.16. The van der Waals surface area contributed by atoms with Gasteiger partial charge in [0.1, 0.15) is 17.4 Å². The first kappa shape index (κ1) is 19.1. The summed E-state index contributed by atoms with van der Waals surface area (Å²) in [5, 5.41) is 11.9. The molecule has 2 rings (SSSR count). The standard InChI is InChI=1S/C19H15F3N2O2/c1-12-3-8-17(13(2)9-12)24-18(25)15(11-23)10-14-4-6-16(7-5-14)26-19(20,21)22/h3-10H,1-2H3,(H,24,25)/b15-10+. The van der Waals surface area contributed by atoms with Gasteiger partial charge in [-0.25, -0.2) is 0 Å². The summed E-state index contributed by atoms with van der Waals surface area (Å²) in [7, 11) is 0. The fourth-order valence-corrected chi connectivity index (χ4v) is 2.22. The van der Waals surface area contributed by atoms with Gasteiger partial charge in [-0.3, -0.25) is 4.79 Å². The summed E-state index contributed by atoms with van der Waals surface area (Å²) in [5.74, 6) is -0.983. The number of carbonyl (C=O) groups excluding carboxylic acids is 1. The maximum absolute atomic E-state index is 12.3. The Hall–Kier alpha value is -3.27. The number of hydrogen-bond acceptors (Lipinski definition) is 3. The number of hydrogen-bond donors (Lipinski definition) is 1. The van der Waals surface area contributed by atoms with Crippen molar-refractivity contribution in [3.8, 4) is 11.8 Å². The predicted octanol–water partition coefficient (Wildman–Crippen LogP) is 4.75. The summed E-state index contributed by atoms with van der Waals surface area (Å²) in [5.41, 5.74) is 2.69. The van der Waals surface area contributed by atoms with Crippen molar-refractivity contribution in [3.63, 3.8) is 0 Å². The van der Waals surface area contributed by atoms with Crippen LogP contribution in [0.25, 0.3) is 6.08 Å². The van der Waals surface area contributed by atoms with Crippen LogP contribution in [0.15, 0.2) is 48.0 Å². The van der Waals surface area contributed by atoms with Crippen molar-refractivity contribution >= 4 is 17.7 Å². The minimum absolute atomic E-state index is 0.172. The molecule has 0 aliphatic carbocycles. The fourth-order valence-electron chi connectivity index (χ4n) is 2.22. The van der Waals surface area contributed by atoms with E-state index < -0.39 is 12.3 Å². The van der Waals surface area contributed by atoms with E-state index in [-0.39, 0.29) is 11.3 Å². The minimum atomic E-state index is -4.78. The number of alkyl halides is 3. The highest BCUT2D eigenvalue weighted by Crippen LogP contribution is 2.23. The Morgan fingerprint density at radius 1 is 1.15 bits per heavy atom. The number of nitrogens with zero attached hydrogens (tertiary/aromatic N) is 1. The molecular formula is C19H15F3N2O2. The Morgan fingerprint density at radius 3 is 2.35 bits per heavy atom. The summed E-state index contributed by atoms with van der Waals surface area (Å²) < 4.78 is 40.2. The molecule has 0 fully saturated rings. The van der Waals surface area contributed by atoms with Crippen LogP contribution >= 0.6 is 0 Å². The van der Waals surface area contributed by atoms with E-state index in [1.807, 2.05) is 26.0 Å². The summed E-state index contributed by atoms with van der Waals surface area (Å²) in [4.78, 5) is 12.3. The average Bonchev–Trinajstić information content (AvgIpc) is 2.55. The number of amides is 1. The highest BCUT2D eigenvalue weighted by atomic mass is 19.4. The second-order valence-electron chi connectivity index (χ2n) is 5.56. The largest absolute Gasteiger partial charge is 0.573 e. The predicted molar refractivity (Wildman–Crippen MR) is 91.3 cm³/mol. The Kier molecular flexibility index (Phi) is 5.68. The van der Waals surface area contributed by atoms with Crippen LogP contribution in [-0.4, -0.2) is 12.3 Å². The second-order valence-corrected chi connectivity index (χ2v) is 5.56. The molecule has 0 atom stereocenters. The van der Waals surface area contributed by atoms with Crippen molar-refractivity contribution in [1.82, 2.24) is 0 Å². The van der Waals surface area contributed by atoms with Gasteiger partial charge in [0.25, 0.3) is 5.91 Å². The zero-order valence-electron chi connectivity index (χ0n) is 14.0. The van der Waals surface area contributed by atoms with Gasteiger partial charge >= 0.3 is 6.36 Å². The van der Waals surface area contributed by atoms with Gasteiger partial charge in [0.05, 0.1) is 0 Å². The van der Waals surface area contributed by atoms with Crippen LogP contribution in [0.2, 0.25) is 0 Å². The van der Waals surface area contributed by atoms with Crippen molar-refractivity contribution in [1.29, 1.82) is 5.26 Å². The Morgan fingerprint density at radius 2 is 1.81 bits per heavy atom. The molecule has 0 bridgehead atoms. The molecule has 0 aromatic heterocycles. The Bertz CT molecular complexity index is 879. The smallest absolute Gasteiger partial charge is 0.406 e. The molecule has 2 aromatic rings. The van der Waals surface area contributed by atoms with Gasteiger partial charge in [0.15, 0.2) is 0 Å². The van der Waals surface area contributed by atoms with E-state index in [9.17, 15) is 23.2 Å².